The number of aromatic nitrogens is 5. The first-order valence-electron chi connectivity index (χ1n) is 9.50. The van der Waals surface area contributed by atoms with Crippen LogP contribution in [0.1, 0.15) is 36.2 Å². The van der Waals surface area contributed by atoms with Gasteiger partial charge in [-0.1, -0.05) is 6.92 Å². The lowest BCUT2D eigenvalue weighted by Gasteiger charge is -2.20. The van der Waals surface area contributed by atoms with Gasteiger partial charge < -0.3 is 10.6 Å². The van der Waals surface area contributed by atoms with Gasteiger partial charge >= 0.3 is 0 Å². The molecule has 4 heterocycles. The zero-order valence-corrected chi connectivity index (χ0v) is 15.8. The molecular formula is C20H25N7. The second-order valence-corrected chi connectivity index (χ2v) is 6.86. The Kier molecular flexibility index (Phi) is 5.11. The molecule has 0 saturated carbocycles. The Hall–Kier alpha value is -2.80. The number of nitrogens with one attached hydrogen (secondary N) is 2. The van der Waals surface area contributed by atoms with E-state index in [0.29, 0.717) is 0 Å². The van der Waals surface area contributed by atoms with E-state index in [-0.39, 0.29) is 6.04 Å². The van der Waals surface area contributed by atoms with Crippen molar-refractivity contribution in [3.63, 3.8) is 0 Å². The molecular weight excluding hydrogens is 338 g/mol. The molecule has 2 N–H and O–H groups in total. The monoisotopic (exact) mass is 363 g/mol. The average molecular weight is 363 g/mol. The summed E-state index contributed by atoms with van der Waals surface area (Å²) >= 11 is 0. The minimum atomic E-state index is 0.166. The number of fused-ring (bicyclic) bond motifs is 1. The van der Waals surface area contributed by atoms with E-state index in [9.17, 15) is 0 Å². The first-order valence-corrected chi connectivity index (χ1v) is 9.50. The summed E-state index contributed by atoms with van der Waals surface area (Å²) in [6, 6.07) is 4.08. The Morgan fingerprint density at radius 1 is 1.19 bits per heavy atom. The van der Waals surface area contributed by atoms with Crippen LogP contribution < -0.4 is 10.6 Å². The number of aryl methyl sites for hydroxylation is 1. The third kappa shape index (κ3) is 3.83. The van der Waals surface area contributed by atoms with Gasteiger partial charge in [0.2, 0.25) is 0 Å². The molecule has 0 radical (unpaired) electrons. The first-order chi connectivity index (χ1) is 13.2. The number of pyridine rings is 1. The van der Waals surface area contributed by atoms with Crippen molar-refractivity contribution < 1.29 is 0 Å². The molecule has 4 rings (SSSR count). The summed E-state index contributed by atoms with van der Waals surface area (Å²) in [6.45, 7) is 4.07. The highest BCUT2D eigenvalue weighted by Gasteiger charge is 2.20. The quantitative estimate of drug-likeness (QED) is 0.725. The Balaban J connectivity index is 1.75. The van der Waals surface area contributed by atoms with Crippen molar-refractivity contribution in [1.82, 2.24) is 30.0 Å². The molecule has 0 amide bonds. The maximum absolute atomic E-state index is 4.91. The molecule has 0 spiro atoms. The summed E-state index contributed by atoms with van der Waals surface area (Å²) < 4.78 is 1.84. The molecule has 1 aliphatic rings. The van der Waals surface area contributed by atoms with E-state index in [1.54, 1.807) is 12.4 Å². The van der Waals surface area contributed by atoms with Gasteiger partial charge in [0.15, 0.2) is 5.82 Å². The van der Waals surface area contributed by atoms with Gasteiger partial charge in [0, 0.05) is 55.3 Å². The summed E-state index contributed by atoms with van der Waals surface area (Å²) in [5.41, 5.74) is 4.51. The van der Waals surface area contributed by atoms with Crippen LogP contribution in [-0.2, 0) is 19.9 Å². The SMILES string of the molecule is CCC(Nc1nc(-c2ccncc2)nc2c1CCNCC2)c1cnn(C)c1. The van der Waals surface area contributed by atoms with Gasteiger partial charge in [-0.3, -0.25) is 9.67 Å². The summed E-state index contributed by atoms with van der Waals surface area (Å²) in [5, 5.41) is 11.5. The molecule has 0 aromatic carbocycles. The lowest BCUT2D eigenvalue weighted by atomic mass is 10.1. The van der Waals surface area contributed by atoms with E-state index >= 15 is 0 Å². The van der Waals surface area contributed by atoms with Crippen molar-refractivity contribution >= 4 is 5.82 Å². The standard InChI is InChI=1S/C20H25N7/c1-3-17(15-12-23-27(2)13-15)24-20-16-6-10-22-11-7-18(16)25-19(26-20)14-4-8-21-9-5-14/h4-5,8-9,12-13,17,22H,3,6-7,10-11H2,1-2H3,(H,24,25,26). The van der Waals surface area contributed by atoms with E-state index in [2.05, 4.69) is 33.8 Å². The molecule has 3 aromatic heterocycles. The van der Waals surface area contributed by atoms with Crippen LogP contribution in [0.5, 0.6) is 0 Å². The number of hydrogen-bond acceptors (Lipinski definition) is 6. The number of anilines is 1. The fourth-order valence-electron chi connectivity index (χ4n) is 3.50. The largest absolute Gasteiger partial charge is 0.363 e. The van der Waals surface area contributed by atoms with Crippen LogP contribution in [-0.4, -0.2) is 37.8 Å². The molecule has 140 valence electrons. The molecule has 7 nitrogen and oxygen atoms in total. The van der Waals surface area contributed by atoms with E-state index in [1.807, 2.05) is 30.1 Å². The minimum absolute atomic E-state index is 0.166. The topological polar surface area (TPSA) is 80.6 Å². The number of nitrogens with zero attached hydrogens (tertiary/aromatic N) is 5. The van der Waals surface area contributed by atoms with Crippen LogP contribution in [0, 0.1) is 0 Å². The van der Waals surface area contributed by atoms with Gasteiger partial charge in [-0.05, 0) is 31.5 Å². The van der Waals surface area contributed by atoms with Crippen LogP contribution >= 0.6 is 0 Å². The first kappa shape index (κ1) is 17.6. The second kappa shape index (κ2) is 7.84. The highest BCUT2D eigenvalue weighted by molar-refractivity contribution is 5.60. The predicted molar refractivity (Wildman–Crippen MR) is 105 cm³/mol. The van der Waals surface area contributed by atoms with Gasteiger partial charge in [0.05, 0.1) is 17.9 Å². The van der Waals surface area contributed by atoms with Crippen LogP contribution in [0.2, 0.25) is 0 Å². The lowest BCUT2D eigenvalue weighted by Crippen LogP contribution is -2.16. The van der Waals surface area contributed by atoms with Crippen LogP contribution in [0.3, 0.4) is 0 Å². The fourth-order valence-corrected chi connectivity index (χ4v) is 3.50. The van der Waals surface area contributed by atoms with Crippen molar-refractivity contribution in [3.05, 3.63) is 53.7 Å². The van der Waals surface area contributed by atoms with Gasteiger partial charge in [0.25, 0.3) is 0 Å². The molecule has 7 heteroatoms. The molecule has 0 bridgehead atoms. The summed E-state index contributed by atoms with van der Waals surface area (Å²) in [7, 11) is 1.94. The Morgan fingerprint density at radius 2 is 2.00 bits per heavy atom. The Bertz CT molecular complexity index is 904. The summed E-state index contributed by atoms with van der Waals surface area (Å²) in [5.74, 6) is 1.69. The fraction of sp³-hybridized carbons (Fsp3) is 0.400. The zero-order valence-electron chi connectivity index (χ0n) is 15.8. The van der Waals surface area contributed by atoms with Gasteiger partial charge in [0.1, 0.15) is 5.82 Å². The van der Waals surface area contributed by atoms with Crippen LogP contribution in [0.25, 0.3) is 11.4 Å². The van der Waals surface area contributed by atoms with Crippen molar-refractivity contribution in [3.8, 4) is 11.4 Å². The van der Waals surface area contributed by atoms with Gasteiger partial charge in [-0.25, -0.2) is 9.97 Å². The smallest absolute Gasteiger partial charge is 0.161 e. The zero-order chi connectivity index (χ0) is 18.6. The molecule has 0 fully saturated rings. The Labute approximate surface area is 159 Å². The average Bonchev–Trinajstić information content (AvgIpc) is 2.99. The lowest BCUT2D eigenvalue weighted by molar-refractivity contribution is 0.707. The predicted octanol–water partition coefficient (Wildman–Crippen LogP) is 2.52. The maximum atomic E-state index is 4.91. The highest BCUT2D eigenvalue weighted by Crippen LogP contribution is 2.28. The summed E-state index contributed by atoms with van der Waals surface area (Å²) in [6.07, 6.45) is 10.3. The number of hydrogen-bond donors (Lipinski definition) is 2. The van der Waals surface area contributed by atoms with E-state index < -0.39 is 0 Å². The summed E-state index contributed by atoms with van der Waals surface area (Å²) in [4.78, 5) is 13.9. The maximum Gasteiger partial charge on any atom is 0.161 e. The van der Waals surface area contributed by atoms with E-state index in [4.69, 9.17) is 9.97 Å². The highest BCUT2D eigenvalue weighted by atomic mass is 15.2. The number of rotatable bonds is 5. The van der Waals surface area contributed by atoms with Crippen molar-refractivity contribution in [2.75, 3.05) is 18.4 Å². The van der Waals surface area contributed by atoms with E-state index in [1.165, 1.54) is 11.1 Å². The van der Waals surface area contributed by atoms with Crippen LogP contribution in [0.15, 0.2) is 36.9 Å². The van der Waals surface area contributed by atoms with Crippen molar-refractivity contribution in [2.24, 2.45) is 7.05 Å². The van der Waals surface area contributed by atoms with Crippen molar-refractivity contribution in [2.45, 2.75) is 32.2 Å². The molecule has 3 aromatic rings. The minimum Gasteiger partial charge on any atom is -0.363 e. The molecule has 1 aliphatic heterocycles. The third-order valence-corrected chi connectivity index (χ3v) is 4.97. The third-order valence-electron chi connectivity index (χ3n) is 4.97. The molecule has 1 atom stereocenters. The second-order valence-electron chi connectivity index (χ2n) is 6.86. The van der Waals surface area contributed by atoms with Gasteiger partial charge in [-0.15, -0.1) is 0 Å². The normalized spacial score (nSPS) is 15.0. The molecule has 0 aliphatic carbocycles. The molecule has 0 saturated heterocycles. The molecule has 1 unspecified atom stereocenters. The van der Waals surface area contributed by atoms with Crippen LogP contribution in [0.4, 0.5) is 5.82 Å². The molecule has 27 heavy (non-hydrogen) atoms. The van der Waals surface area contributed by atoms with Gasteiger partial charge in [-0.2, -0.15) is 5.10 Å². The van der Waals surface area contributed by atoms with E-state index in [0.717, 1.165) is 55.3 Å². The van der Waals surface area contributed by atoms with Crippen molar-refractivity contribution in [1.29, 1.82) is 0 Å². The Morgan fingerprint density at radius 3 is 2.74 bits per heavy atom.